The molecule has 164 valence electrons. The predicted molar refractivity (Wildman–Crippen MR) is 104 cm³/mol. The maximum absolute atomic E-state index is 12.6. The standard InChI is InChI=1S/C21H19F3N2O5/c22-21(23,24)15-5-1-14(2-6-15)10-25-20(29)16(11-27)26-19(28)8-4-13-3-7-17-18(9-13)31-12-30-17/h1-9,16,27H,10-12H2,(H,25,29)(H,26,28)/t16-/m0/s1. The molecule has 31 heavy (non-hydrogen) atoms. The number of halogens is 3. The number of hydrogen-bond donors (Lipinski definition) is 3. The number of ether oxygens (including phenoxy) is 2. The van der Waals surface area contributed by atoms with Gasteiger partial charge in [0, 0.05) is 12.6 Å². The first-order valence-corrected chi connectivity index (χ1v) is 9.19. The van der Waals surface area contributed by atoms with Crippen LogP contribution in [0.15, 0.2) is 48.5 Å². The zero-order valence-electron chi connectivity index (χ0n) is 16.1. The number of nitrogens with one attached hydrogen (secondary N) is 2. The van der Waals surface area contributed by atoms with E-state index in [1.165, 1.54) is 24.3 Å². The molecule has 2 amide bonds. The van der Waals surface area contributed by atoms with Crippen molar-refractivity contribution >= 4 is 17.9 Å². The smallest absolute Gasteiger partial charge is 0.416 e. The first-order chi connectivity index (χ1) is 14.8. The van der Waals surface area contributed by atoms with Gasteiger partial charge in [0.15, 0.2) is 11.5 Å². The molecule has 0 fully saturated rings. The number of hydrogen-bond acceptors (Lipinski definition) is 5. The lowest BCUT2D eigenvalue weighted by Gasteiger charge is -2.15. The summed E-state index contributed by atoms with van der Waals surface area (Å²) < 4.78 is 48.2. The number of aliphatic hydroxyl groups excluding tert-OH is 1. The van der Waals surface area contributed by atoms with Crippen LogP contribution < -0.4 is 20.1 Å². The Bertz CT molecular complexity index is 974. The molecule has 0 aliphatic carbocycles. The van der Waals surface area contributed by atoms with Crippen LogP contribution in [0.5, 0.6) is 11.5 Å². The van der Waals surface area contributed by atoms with Crippen LogP contribution >= 0.6 is 0 Å². The molecule has 2 aromatic rings. The lowest BCUT2D eigenvalue weighted by Crippen LogP contribution is -2.48. The molecule has 1 atom stereocenters. The van der Waals surface area contributed by atoms with Crippen molar-refractivity contribution < 1.29 is 37.3 Å². The van der Waals surface area contributed by atoms with Crippen LogP contribution in [0.2, 0.25) is 0 Å². The number of benzene rings is 2. The van der Waals surface area contributed by atoms with Gasteiger partial charge in [0.1, 0.15) is 6.04 Å². The lowest BCUT2D eigenvalue weighted by atomic mass is 10.1. The lowest BCUT2D eigenvalue weighted by molar-refractivity contribution is -0.137. The van der Waals surface area contributed by atoms with Crippen LogP contribution in [-0.4, -0.2) is 36.4 Å². The quantitative estimate of drug-likeness (QED) is 0.579. The topological polar surface area (TPSA) is 96.9 Å². The molecular formula is C21H19F3N2O5. The van der Waals surface area contributed by atoms with E-state index in [0.717, 1.165) is 12.1 Å². The van der Waals surface area contributed by atoms with E-state index in [4.69, 9.17) is 9.47 Å². The summed E-state index contributed by atoms with van der Waals surface area (Å²) in [4.78, 5) is 24.3. The van der Waals surface area contributed by atoms with E-state index < -0.39 is 36.2 Å². The number of amides is 2. The Kier molecular flexibility index (Phi) is 6.81. The Morgan fingerprint density at radius 3 is 2.48 bits per heavy atom. The Morgan fingerprint density at radius 1 is 1.10 bits per heavy atom. The Hall–Kier alpha value is -3.53. The zero-order chi connectivity index (χ0) is 22.4. The van der Waals surface area contributed by atoms with Gasteiger partial charge in [-0.05, 0) is 41.5 Å². The second-order valence-electron chi connectivity index (χ2n) is 6.60. The fourth-order valence-corrected chi connectivity index (χ4v) is 2.73. The minimum Gasteiger partial charge on any atom is -0.454 e. The van der Waals surface area contributed by atoms with Crippen molar-refractivity contribution in [3.63, 3.8) is 0 Å². The number of carbonyl (C=O) groups excluding carboxylic acids is 2. The number of fused-ring (bicyclic) bond motifs is 1. The molecule has 0 unspecified atom stereocenters. The third kappa shape index (κ3) is 5.98. The van der Waals surface area contributed by atoms with Crippen molar-refractivity contribution in [1.29, 1.82) is 0 Å². The summed E-state index contributed by atoms with van der Waals surface area (Å²) >= 11 is 0. The summed E-state index contributed by atoms with van der Waals surface area (Å²) in [5, 5.41) is 14.2. The molecule has 0 bridgehead atoms. The van der Waals surface area contributed by atoms with Gasteiger partial charge in [0.05, 0.1) is 12.2 Å². The maximum Gasteiger partial charge on any atom is 0.416 e. The molecular weight excluding hydrogens is 417 g/mol. The molecule has 3 N–H and O–H groups in total. The van der Waals surface area contributed by atoms with E-state index in [0.29, 0.717) is 22.6 Å². The highest BCUT2D eigenvalue weighted by atomic mass is 19.4. The van der Waals surface area contributed by atoms with Crippen LogP contribution in [-0.2, 0) is 22.3 Å². The highest BCUT2D eigenvalue weighted by Gasteiger charge is 2.30. The molecule has 1 aliphatic rings. The first kappa shape index (κ1) is 22.2. The van der Waals surface area contributed by atoms with Gasteiger partial charge in [-0.1, -0.05) is 18.2 Å². The van der Waals surface area contributed by atoms with Crippen molar-refractivity contribution in [2.45, 2.75) is 18.8 Å². The van der Waals surface area contributed by atoms with E-state index in [1.807, 2.05) is 0 Å². The molecule has 0 aromatic heterocycles. The summed E-state index contributed by atoms with van der Waals surface area (Å²) in [7, 11) is 0. The minimum atomic E-state index is -4.44. The summed E-state index contributed by atoms with van der Waals surface area (Å²) in [5.74, 6) is -0.126. The number of alkyl halides is 3. The van der Waals surface area contributed by atoms with Gasteiger partial charge in [-0.25, -0.2) is 0 Å². The SMILES string of the molecule is O=C(C=Cc1ccc2c(c1)OCO2)N[C@@H](CO)C(=O)NCc1ccc(C(F)(F)F)cc1. The van der Waals surface area contributed by atoms with Gasteiger partial charge in [-0.3, -0.25) is 9.59 Å². The van der Waals surface area contributed by atoms with Crippen molar-refractivity contribution in [1.82, 2.24) is 10.6 Å². The first-order valence-electron chi connectivity index (χ1n) is 9.19. The Labute approximate surface area is 175 Å². The second-order valence-corrected chi connectivity index (χ2v) is 6.60. The average Bonchev–Trinajstić information content (AvgIpc) is 3.22. The normalized spacial score (nSPS) is 13.8. The summed E-state index contributed by atoms with van der Waals surface area (Å²) in [6, 6.07) is 8.19. The van der Waals surface area contributed by atoms with Gasteiger partial charge < -0.3 is 25.2 Å². The molecule has 0 radical (unpaired) electrons. The monoisotopic (exact) mass is 436 g/mol. The highest BCUT2D eigenvalue weighted by Crippen LogP contribution is 2.32. The van der Waals surface area contributed by atoms with Gasteiger partial charge in [-0.15, -0.1) is 0 Å². The van der Waals surface area contributed by atoms with Crippen molar-refractivity contribution in [2.75, 3.05) is 13.4 Å². The molecule has 2 aromatic carbocycles. The van der Waals surface area contributed by atoms with E-state index in [1.54, 1.807) is 18.2 Å². The van der Waals surface area contributed by atoms with E-state index in [2.05, 4.69) is 10.6 Å². The zero-order valence-corrected chi connectivity index (χ0v) is 16.1. The van der Waals surface area contributed by atoms with Gasteiger partial charge in [0.2, 0.25) is 18.6 Å². The maximum atomic E-state index is 12.6. The predicted octanol–water partition coefficient (Wildman–Crippen LogP) is 2.24. The van der Waals surface area contributed by atoms with Crippen molar-refractivity contribution in [3.8, 4) is 11.5 Å². The van der Waals surface area contributed by atoms with Crippen LogP contribution in [0.1, 0.15) is 16.7 Å². The van der Waals surface area contributed by atoms with Gasteiger partial charge >= 0.3 is 6.18 Å². The van der Waals surface area contributed by atoms with Crippen LogP contribution in [0.4, 0.5) is 13.2 Å². The largest absolute Gasteiger partial charge is 0.454 e. The molecule has 7 nitrogen and oxygen atoms in total. The third-order valence-electron chi connectivity index (χ3n) is 4.39. The summed E-state index contributed by atoms with van der Waals surface area (Å²) in [6.07, 6.45) is -1.74. The number of carbonyl (C=O) groups is 2. The van der Waals surface area contributed by atoms with E-state index >= 15 is 0 Å². The van der Waals surface area contributed by atoms with Crippen LogP contribution in [0, 0.1) is 0 Å². The van der Waals surface area contributed by atoms with Crippen LogP contribution in [0.3, 0.4) is 0 Å². The molecule has 10 heteroatoms. The summed E-state index contributed by atoms with van der Waals surface area (Å²) in [6.45, 7) is -0.582. The molecule has 1 aliphatic heterocycles. The van der Waals surface area contributed by atoms with E-state index in [-0.39, 0.29) is 13.3 Å². The fraction of sp³-hybridized carbons (Fsp3) is 0.238. The fourth-order valence-electron chi connectivity index (χ4n) is 2.73. The number of aliphatic hydroxyl groups is 1. The summed E-state index contributed by atoms with van der Waals surface area (Å²) in [5.41, 5.74) is 0.316. The third-order valence-corrected chi connectivity index (χ3v) is 4.39. The molecule has 0 spiro atoms. The molecule has 3 rings (SSSR count). The van der Waals surface area contributed by atoms with Crippen molar-refractivity contribution in [3.05, 3.63) is 65.2 Å². The van der Waals surface area contributed by atoms with Gasteiger partial charge in [-0.2, -0.15) is 13.2 Å². The van der Waals surface area contributed by atoms with E-state index in [9.17, 15) is 27.9 Å². The average molecular weight is 436 g/mol. The highest BCUT2D eigenvalue weighted by molar-refractivity contribution is 5.95. The number of rotatable bonds is 7. The molecule has 0 saturated heterocycles. The molecule has 1 heterocycles. The second kappa shape index (κ2) is 9.52. The Morgan fingerprint density at radius 2 is 1.81 bits per heavy atom. The Balaban J connectivity index is 1.51. The molecule has 0 saturated carbocycles. The van der Waals surface area contributed by atoms with Crippen molar-refractivity contribution in [2.24, 2.45) is 0 Å². The van der Waals surface area contributed by atoms with Crippen LogP contribution in [0.25, 0.3) is 6.08 Å². The van der Waals surface area contributed by atoms with Gasteiger partial charge in [0.25, 0.3) is 0 Å². The minimum absolute atomic E-state index is 0.0592.